The lowest BCUT2D eigenvalue weighted by Gasteiger charge is -2.29. The van der Waals surface area contributed by atoms with Crippen LogP contribution in [0.3, 0.4) is 0 Å². The van der Waals surface area contributed by atoms with E-state index in [9.17, 15) is 4.39 Å². The van der Waals surface area contributed by atoms with Crippen LogP contribution >= 0.6 is 11.6 Å². The molecule has 1 heterocycles. The third-order valence-electron chi connectivity index (χ3n) is 3.08. The van der Waals surface area contributed by atoms with Crippen molar-refractivity contribution in [3.8, 4) is 0 Å². The second-order valence-electron chi connectivity index (χ2n) is 4.42. The maximum absolute atomic E-state index is 12.7. The minimum atomic E-state index is -0.164. The molecule has 0 spiro atoms. The number of piperidine rings is 1. The number of hydrogen-bond donors (Lipinski definition) is 0. The SMILES string of the molecule is Fc1ccc(CCN2CCCC(Cl)C2)cc1. The van der Waals surface area contributed by atoms with Crippen LogP contribution in [0.4, 0.5) is 4.39 Å². The van der Waals surface area contributed by atoms with Gasteiger partial charge in [-0.1, -0.05) is 12.1 Å². The summed E-state index contributed by atoms with van der Waals surface area (Å²) in [6, 6.07) is 6.76. The first kappa shape index (κ1) is 11.9. The Morgan fingerprint density at radius 2 is 2.06 bits per heavy atom. The molecule has 0 saturated carbocycles. The van der Waals surface area contributed by atoms with Gasteiger partial charge >= 0.3 is 0 Å². The van der Waals surface area contributed by atoms with Gasteiger partial charge < -0.3 is 4.90 Å². The van der Waals surface area contributed by atoms with Gasteiger partial charge in [0.15, 0.2) is 0 Å². The maximum atomic E-state index is 12.7. The standard InChI is InChI=1S/C13H17ClFN/c14-12-2-1-8-16(10-12)9-7-11-3-5-13(15)6-4-11/h3-6,12H,1-2,7-10H2. The van der Waals surface area contributed by atoms with Crippen LogP contribution in [0, 0.1) is 5.82 Å². The molecular formula is C13H17ClFN. The highest BCUT2D eigenvalue weighted by atomic mass is 35.5. The lowest BCUT2D eigenvalue weighted by atomic mass is 10.1. The summed E-state index contributed by atoms with van der Waals surface area (Å²) in [6.07, 6.45) is 3.30. The Morgan fingerprint density at radius 1 is 1.31 bits per heavy atom. The fourth-order valence-corrected chi connectivity index (χ4v) is 2.49. The number of nitrogens with zero attached hydrogens (tertiary/aromatic N) is 1. The van der Waals surface area contributed by atoms with Crippen molar-refractivity contribution in [2.75, 3.05) is 19.6 Å². The molecule has 3 heteroatoms. The van der Waals surface area contributed by atoms with Crippen molar-refractivity contribution in [1.82, 2.24) is 4.90 Å². The number of likely N-dealkylation sites (tertiary alicyclic amines) is 1. The van der Waals surface area contributed by atoms with Crippen LogP contribution in [0.2, 0.25) is 0 Å². The molecule has 1 unspecified atom stereocenters. The zero-order valence-electron chi connectivity index (χ0n) is 9.33. The Morgan fingerprint density at radius 3 is 2.75 bits per heavy atom. The van der Waals surface area contributed by atoms with Gasteiger partial charge in [-0.2, -0.15) is 0 Å². The summed E-state index contributed by atoms with van der Waals surface area (Å²) in [4.78, 5) is 2.39. The second-order valence-corrected chi connectivity index (χ2v) is 5.03. The van der Waals surface area contributed by atoms with Gasteiger partial charge in [-0.3, -0.25) is 0 Å². The van der Waals surface area contributed by atoms with Crippen LogP contribution in [0.25, 0.3) is 0 Å². The predicted octanol–water partition coefficient (Wildman–Crippen LogP) is 3.07. The van der Waals surface area contributed by atoms with Crippen molar-refractivity contribution in [2.45, 2.75) is 24.6 Å². The summed E-state index contributed by atoms with van der Waals surface area (Å²) in [7, 11) is 0. The molecule has 1 fully saturated rings. The fraction of sp³-hybridized carbons (Fsp3) is 0.538. The summed E-state index contributed by atoms with van der Waals surface area (Å²) in [6.45, 7) is 3.15. The molecule has 16 heavy (non-hydrogen) atoms. The molecule has 0 N–H and O–H groups in total. The summed E-state index contributed by atoms with van der Waals surface area (Å²) >= 11 is 6.12. The topological polar surface area (TPSA) is 3.24 Å². The number of hydrogen-bond acceptors (Lipinski definition) is 1. The van der Waals surface area contributed by atoms with E-state index in [0.717, 1.165) is 32.5 Å². The number of benzene rings is 1. The van der Waals surface area contributed by atoms with Gasteiger partial charge in [0.2, 0.25) is 0 Å². The third kappa shape index (κ3) is 3.46. The van der Waals surface area contributed by atoms with Gasteiger partial charge in [-0.25, -0.2) is 4.39 Å². The van der Waals surface area contributed by atoms with E-state index in [-0.39, 0.29) is 5.82 Å². The first-order valence-corrected chi connectivity index (χ1v) is 6.28. The predicted molar refractivity (Wildman–Crippen MR) is 65.4 cm³/mol. The minimum absolute atomic E-state index is 0.164. The smallest absolute Gasteiger partial charge is 0.123 e. The van der Waals surface area contributed by atoms with Crippen LogP contribution in [0.15, 0.2) is 24.3 Å². The zero-order chi connectivity index (χ0) is 11.4. The summed E-state index contributed by atoms with van der Waals surface area (Å²) in [5.41, 5.74) is 1.19. The fourth-order valence-electron chi connectivity index (χ4n) is 2.14. The molecule has 88 valence electrons. The van der Waals surface area contributed by atoms with E-state index < -0.39 is 0 Å². The number of alkyl halides is 1. The Kier molecular flexibility index (Phi) is 4.19. The van der Waals surface area contributed by atoms with Crippen LogP contribution in [0.1, 0.15) is 18.4 Å². The normalized spacial score (nSPS) is 22.2. The van der Waals surface area contributed by atoms with E-state index in [0.29, 0.717) is 5.38 Å². The van der Waals surface area contributed by atoms with E-state index in [2.05, 4.69) is 4.90 Å². The van der Waals surface area contributed by atoms with Crippen molar-refractivity contribution in [3.63, 3.8) is 0 Å². The lowest BCUT2D eigenvalue weighted by Crippen LogP contribution is -2.37. The monoisotopic (exact) mass is 241 g/mol. The van der Waals surface area contributed by atoms with Crippen molar-refractivity contribution >= 4 is 11.6 Å². The average Bonchev–Trinajstić information content (AvgIpc) is 2.28. The molecule has 0 aromatic heterocycles. The number of rotatable bonds is 3. The van der Waals surface area contributed by atoms with Crippen LogP contribution in [-0.2, 0) is 6.42 Å². The molecule has 0 bridgehead atoms. The highest BCUT2D eigenvalue weighted by Crippen LogP contribution is 2.15. The molecule has 1 atom stereocenters. The van der Waals surface area contributed by atoms with Crippen molar-refractivity contribution in [1.29, 1.82) is 0 Å². The molecule has 1 nitrogen and oxygen atoms in total. The van der Waals surface area contributed by atoms with E-state index >= 15 is 0 Å². The molecule has 0 amide bonds. The van der Waals surface area contributed by atoms with E-state index in [4.69, 9.17) is 11.6 Å². The van der Waals surface area contributed by atoms with Gasteiger partial charge in [-0.15, -0.1) is 11.6 Å². The molecule has 2 rings (SSSR count). The largest absolute Gasteiger partial charge is 0.302 e. The number of halogens is 2. The lowest BCUT2D eigenvalue weighted by molar-refractivity contribution is 0.235. The second kappa shape index (κ2) is 5.65. The van der Waals surface area contributed by atoms with E-state index in [1.54, 1.807) is 0 Å². The first-order chi connectivity index (χ1) is 7.74. The minimum Gasteiger partial charge on any atom is -0.302 e. The molecule has 0 aliphatic carbocycles. The first-order valence-electron chi connectivity index (χ1n) is 5.85. The highest BCUT2D eigenvalue weighted by molar-refractivity contribution is 6.20. The third-order valence-corrected chi connectivity index (χ3v) is 3.43. The van der Waals surface area contributed by atoms with Crippen molar-refractivity contribution in [3.05, 3.63) is 35.6 Å². The summed E-state index contributed by atoms with van der Waals surface area (Å²) in [5, 5.41) is 0.307. The van der Waals surface area contributed by atoms with Gasteiger partial charge in [0.1, 0.15) is 5.82 Å². The molecule has 1 aromatic rings. The quantitative estimate of drug-likeness (QED) is 0.736. The Balaban J connectivity index is 1.80. The Bertz CT molecular complexity index is 325. The molecule has 1 aromatic carbocycles. The van der Waals surface area contributed by atoms with Crippen LogP contribution < -0.4 is 0 Å². The van der Waals surface area contributed by atoms with Gasteiger partial charge in [-0.05, 0) is 43.5 Å². The molecule has 1 saturated heterocycles. The van der Waals surface area contributed by atoms with Crippen LogP contribution in [0.5, 0.6) is 0 Å². The van der Waals surface area contributed by atoms with Crippen molar-refractivity contribution in [2.24, 2.45) is 0 Å². The highest BCUT2D eigenvalue weighted by Gasteiger charge is 2.16. The van der Waals surface area contributed by atoms with Crippen LogP contribution in [-0.4, -0.2) is 29.9 Å². The summed E-state index contributed by atoms with van der Waals surface area (Å²) in [5.74, 6) is -0.164. The van der Waals surface area contributed by atoms with Crippen molar-refractivity contribution < 1.29 is 4.39 Å². The Hall–Kier alpha value is -0.600. The van der Waals surface area contributed by atoms with Gasteiger partial charge in [0, 0.05) is 18.5 Å². The van der Waals surface area contributed by atoms with E-state index in [1.165, 1.54) is 24.1 Å². The average molecular weight is 242 g/mol. The molecule has 1 aliphatic rings. The van der Waals surface area contributed by atoms with Gasteiger partial charge in [0.05, 0.1) is 0 Å². The molecular weight excluding hydrogens is 225 g/mol. The van der Waals surface area contributed by atoms with Gasteiger partial charge in [0.25, 0.3) is 0 Å². The van der Waals surface area contributed by atoms with E-state index in [1.807, 2.05) is 12.1 Å². The summed E-state index contributed by atoms with van der Waals surface area (Å²) < 4.78 is 12.7. The maximum Gasteiger partial charge on any atom is 0.123 e. The Labute approximate surface area is 101 Å². The molecule has 0 radical (unpaired) electrons. The molecule has 1 aliphatic heterocycles. The zero-order valence-corrected chi connectivity index (χ0v) is 10.1.